The SMILES string of the molecule is CCC1CCCN1C(=O)Nc1ccc(C(=O)O)cc1Cl. The highest BCUT2D eigenvalue weighted by Gasteiger charge is 2.27. The van der Waals surface area contributed by atoms with E-state index in [1.807, 2.05) is 0 Å². The zero-order valence-electron chi connectivity index (χ0n) is 11.2. The molecule has 0 aromatic heterocycles. The smallest absolute Gasteiger partial charge is 0.335 e. The van der Waals surface area contributed by atoms with E-state index in [1.165, 1.54) is 18.2 Å². The first kappa shape index (κ1) is 14.7. The van der Waals surface area contributed by atoms with Gasteiger partial charge in [-0.3, -0.25) is 0 Å². The van der Waals surface area contributed by atoms with Crippen molar-refractivity contribution in [1.29, 1.82) is 0 Å². The number of carbonyl (C=O) groups excluding carboxylic acids is 1. The van der Waals surface area contributed by atoms with Gasteiger partial charge in [0.1, 0.15) is 0 Å². The number of hydrogen-bond donors (Lipinski definition) is 2. The standard InChI is InChI=1S/C14H17ClN2O3/c1-2-10-4-3-7-17(10)14(20)16-12-6-5-9(13(18)19)8-11(12)15/h5-6,8,10H,2-4,7H2,1H3,(H,16,20)(H,18,19). The summed E-state index contributed by atoms with van der Waals surface area (Å²) in [7, 11) is 0. The van der Waals surface area contributed by atoms with E-state index in [0.717, 1.165) is 25.8 Å². The molecule has 0 radical (unpaired) electrons. The number of anilines is 1. The molecule has 1 unspecified atom stereocenters. The Balaban J connectivity index is 2.10. The van der Waals surface area contributed by atoms with E-state index in [1.54, 1.807) is 4.90 Å². The number of nitrogens with zero attached hydrogens (tertiary/aromatic N) is 1. The highest BCUT2D eigenvalue weighted by Crippen LogP contribution is 2.25. The molecule has 0 aliphatic carbocycles. The van der Waals surface area contributed by atoms with E-state index in [-0.39, 0.29) is 22.7 Å². The van der Waals surface area contributed by atoms with Crippen LogP contribution in [0.15, 0.2) is 18.2 Å². The van der Waals surface area contributed by atoms with E-state index in [2.05, 4.69) is 12.2 Å². The summed E-state index contributed by atoms with van der Waals surface area (Å²) in [6, 6.07) is 4.36. The van der Waals surface area contributed by atoms with Gasteiger partial charge in [-0.25, -0.2) is 9.59 Å². The van der Waals surface area contributed by atoms with Crippen molar-refractivity contribution >= 4 is 29.3 Å². The quantitative estimate of drug-likeness (QED) is 0.897. The van der Waals surface area contributed by atoms with Crippen molar-refractivity contribution in [2.45, 2.75) is 32.2 Å². The summed E-state index contributed by atoms with van der Waals surface area (Å²) in [5.41, 5.74) is 0.532. The second kappa shape index (κ2) is 6.13. The summed E-state index contributed by atoms with van der Waals surface area (Å²) in [6.45, 7) is 2.81. The fraction of sp³-hybridized carbons (Fsp3) is 0.429. The molecular weight excluding hydrogens is 280 g/mol. The van der Waals surface area contributed by atoms with Crippen molar-refractivity contribution in [3.05, 3.63) is 28.8 Å². The molecule has 1 aromatic rings. The lowest BCUT2D eigenvalue weighted by molar-refractivity contribution is 0.0697. The Labute approximate surface area is 122 Å². The number of nitrogens with one attached hydrogen (secondary N) is 1. The number of rotatable bonds is 3. The number of hydrogen-bond acceptors (Lipinski definition) is 2. The molecular formula is C14H17ClN2O3. The van der Waals surface area contributed by atoms with Crippen molar-refractivity contribution in [1.82, 2.24) is 4.90 Å². The minimum Gasteiger partial charge on any atom is -0.478 e. The Morgan fingerprint density at radius 1 is 1.50 bits per heavy atom. The fourth-order valence-corrected chi connectivity index (χ4v) is 2.69. The molecule has 1 aliphatic heterocycles. The van der Waals surface area contributed by atoms with Crippen LogP contribution in [0.25, 0.3) is 0 Å². The van der Waals surface area contributed by atoms with E-state index in [9.17, 15) is 9.59 Å². The topological polar surface area (TPSA) is 69.6 Å². The summed E-state index contributed by atoms with van der Waals surface area (Å²) in [5, 5.41) is 11.8. The summed E-state index contributed by atoms with van der Waals surface area (Å²) >= 11 is 6.00. The van der Waals surface area contributed by atoms with Crippen LogP contribution in [0.4, 0.5) is 10.5 Å². The van der Waals surface area contributed by atoms with E-state index >= 15 is 0 Å². The number of amides is 2. The van der Waals surface area contributed by atoms with Crippen LogP contribution >= 0.6 is 11.6 Å². The van der Waals surface area contributed by atoms with Gasteiger partial charge in [0, 0.05) is 12.6 Å². The van der Waals surface area contributed by atoms with Gasteiger partial charge < -0.3 is 15.3 Å². The Bertz CT molecular complexity index is 533. The van der Waals surface area contributed by atoms with Crippen LogP contribution in [0.1, 0.15) is 36.5 Å². The van der Waals surface area contributed by atoms with Crippen molar-refractivity contribution in [3.63, 3.8) is 0 Å². The fourth-order valence-electron chi connectivity index (χ4n) is 2.46. The zero-order chi connectivity index (χ0) is 14.7. The number of aromatic carboxylic acids is 1. The Morgan fingerprint density at radius 3 is 2.85 bits per heavy atom. The second-order valence-corrected chi connectivity index (χ2v) is 5.23. The van der Waals surface area contributed by atoms with Crippen LogP contribution in [0.5, 0.6) is 0 Å². The van der Waals surface area contributed by atoms with Gasteiger partial charge in [-0.15, -0.1) is 0 Å². The third kappa shape index (κ3) is 3.04. The van der Waals surface area contributed by atoms with E-state index < -0.39 is 5.97 Å². The third-order valence-corrected chi connectivity index (χ3v) is 3.88. The van der Waals surface area contributed by atoms with Gasteiger partial charge in [-0.2, -0.15) is 0 Å². The molecule has 0 saturated carbocycles. The Hall–Kier alpha value is -1.75. The third-order valence-electron chi connectivity index (χ3n) is 3.57. The van der Waals surface area contributed by atoms with Gasteiger partial charge in [0.2, 0.25) is 0 Å². The number of carboxylic acid groups (broad SMARTS) is 1. The number of halogens is 1. The molecule has 5 nitrogen and oxygen atoms in total. The highest BCUT2D eigenvalue weighted by molar-refractivity contribution is 6.34. The van der Waals surface area contributed by atoms with E-state index in [4.69, 9.17) is 16.7 Å². The zero-order valence-corrected chi connectivity index (χ0v) is 12.0. The molecule has 108 valence electrons. The predicted molar refractivity (Wildman–Crippen MR) is 77.4 cm³/mol. The molecule has 6 heteroatoms. The minimum absolute atomic E-state index is 0.0978. The van der Waals surface area contributed by atoms with Crippen LogP contribution in [0.3, 0.4) is 0 Å². The summed E-state index contributed by atoms with van der Waals surface area (Å²) in [6.07, 6.45) is 2.96. The maximum atomic E-state index is 12.2. The average molecular weight is 297 g/mol. The number of urea groups is 1. The average Bonchev–Trinajstić information content (AvgIpc) is 2.89. The van der Waals surface area contributed by atoms with Crippen LogP contribution < -0.4 is 5.32 Å². The van der Waals surface area contributed by atoms with Gasteiger partial charge in [-0.1, -0.05) is 18.5 Å². The molecule has 1 aromatic carbocycles. The summed E-state index contributed by atoms with van der Waals surface area (Å²) in [5.74, 6) is -1.05. The van der Waals surface area contributed by atoms with Gasteiger partial charge >= 0.3 is 12.0 Å². The largest absolute Gasteiger partial charge is 0.478 e. The van der Waals surface area contributed by atoms with Crippen molar-refractivity contribution < 1.29 is 14.7 Å². The highest BCUT2D eigenvalue weighted by atomic mass is 35.5. The number of carboxylic acids is 1. The number of likely N-dealkylation sites (tertiary alicyclic amines) is 1. The first-order chi connectivity index (χ1) is 9.52. The van der Waals surface area contributed by atoms with Crippen molar-refractivity contribution in [2.75, 3.05) is 11.9 Å². The maximum absolute atomic E-state index is 12.2. The molecule has 0 spiro atoms. The number of benzene rings is 1. The van der Waals surface area contributed by atoms with Crippen molar-refractivity contribution in [2.24, 2.45) is 0 Å². The molecule has 1 atom stereocenters. The van der Waals surface area contributed by atoms with E-state index in [0.29, 0.717) is 5.69 Å². The maximum Gasteiger partial charge on any atom is 0.335 e. The first-order valence-corrected chi connectivity index (χ1v) is 7.01. The molecule has 1 heterocycles. The summed E-state index contributed by atoms with van der Waals surface area (Å²) in [4.78, 5) is 24.8. The lowest BCUT2D eigenvalue weighted by Crippen LogP contribution is -2.38. The first-order valence-electron chi connectivity index (χ1n) is 6.63. The summed E-state index contributed by atoms with van der Waals surface area (Å²) < 4.78 is 0. The lowest BCUT2D eigenvalue weighted by Gasteiger charge is -2.24. The molecule has 1 fully saturated rings. The normalized spacial score (nSPS) is 18.1. The van der Waals surface area contributed by atoms with Crippen LogP contribution in [0.2, 0.25) is 5.02 Å². The lowest BCUT2D eigenvalue weighted by atomic mass is 10.2. The molecule has 20 heavy (non-hydrogen) atoms. The van der Waals surface area contributed by atoms with Gasteiger partial charge in [0.25, 0.3) is 0 Å². The minimum atomic E-state index is -1.05. The second-order valence-electron chi connectivity index (χ2n) is 4.83. The molecule has 1 aliphatic rings. The molecule has 2 N–H and O–H groups in total. The Morgan fingerprint density at radius 2 is 2.25 bits per heavy atom. The molecule has 2 rings (SSSR count). The van der Waals surface area contributed by atoms with Crippen LogP contribution in [0, 0.1) is 0 Å². The van der Waals surface area contributed by atoms with Gasteiger partial charge in [0.05, 0.1) is 16.3 Å². The monoisotopic (exact) mass is 296 g/mol. The molecule has 0 bridgehead atoms. The predicted octanol–water partition coefficient (Wildman–Crippen LogP) is 3.44. The Kier molecular flexibility index (Phi) is 4.49. The van der Waals surface area contributed by atoms with Crippen LogP contribution in [-0.4, -0.2) is 34.6 Å². The van der Waals surface area contributed by atoms with Crippen molar-refractivity contribution in [3.8, 4) is 0 Å². The molecule has 2 amide bonds. The van der Waals surface area contributed by atoms with Gasteiger partial charge in [0.15, 0.2) is 0 Å². The number of carbonyl (C=O) groups is 2. The van der Waals surface area contributed by atoms with Gasteiger partial charge in [-0.05, 0) is 37.5 Å². The molecule has 1 saturated heterocycles. The van der Waals surface area contributed by atoms with Crippen LogP contribution in [-0.2, 0) is 0 Å².